The van der Waals surface area contributed by atoms with Crippen molar-refractivity contribution in [2.24, 2.45) is 0 Å². The van der Waals surface area contributed by atoms with E-state index in [4.69, 9.17) is 4.74 Å². The minimum absolute atomic E-state index is 0.0862. The molecule has 0 spiro atoms. The van der Waals surface area contributed by atoms with E-state index in [0.717, 1.165) is 43.2 Å². The number of benzene rings is 1. The van der Waals surface area contributed by atoms with Gasteiger partial charge in [-0.25, -0.2) is 0 Å². The van der Waals surface area contributed by atoms with Gasteiger partial charge in [-0.15, -0.1) is 0 Å². The second kappa shape index (κ2) is 5.93. The molecule has 1 fully saturated rings. The third kappa shape index (κ3) is 2.97. The van der Waals surface area contributed by atoms with Gasteiger partial charge in [0.15, 0.2) is 0 Å². The van der Waals surface area contributed by atoms with Gasteiger partial charge in [0.05, 0.1) is 23.5 Å². The molecular formula is C16H23N3O2. The van der Waals surface area contributed by atoms with E-state index in [1.54, 1.807) is 0 Å². The van der Waals surface area contributed by atoms with Gasteiger partial charge in [-0.2, -0.15) is 0 Å². The zero-order valence-electron chi connectivity index (χ0n) is 12.7. The second-order valence-corrected chi connectivity index (χ2v) is 5.82. The Kier molecular flexibility index (Phi) is 4.01. The van der Waals surface area contributed by atoms with E-state index >= 15 is 0 Å². The number of piperazine rings is 1. The summed E-state index contributed by atoms with van der Waals surface area (Å²) in [6.45, 7) is 6.89. The number of fused-ring (bicyclic) bond motifs is 3. The molecule has 0 aromatic heterocycles. The molecule has 1 aromatic rings. The van der Waals surface area contributed by atoms with Crippen LogP contribution in [0.1, 0.15) is 26.7 Å². The van der Waals surface area contributed by atoms with Crippen LogP contribution in [0.5, 0.6) is 5.75 Å². The zero-order valence-corrected chi connectivity index (χ0v) is 12.7. The van der Waals surface area contributed by atoms with Crippen LogP contribution in [-0.4, -0.2) is 37.7 Å². The van der Waals surface area contributed by atoms with Crippen LogP contribution < -0.4 is 20.3 Å². The standard InChI is InChI=1S/C16H23N3O2/c1-3-11(2)21-13-4-5-14-15(9-13)19-7-6-17-10-12(19)8-16(20)18-14/h4-5,9,11-12,17H,3,6-8,10H2,1-2H3,(H,18,20)/t11?,12-/m0/s1. The average molecular weight is 289 g/mol. The third-order valence-corrected chi connectivity index (χ3v) is 4.24. The second-order valence-electron chi connectivity index (χ2n) is 5.82. The summed E-state index contributed by atoms with van der Waals surface area (Å²) < 4.78 is 5.92. The quantitative estimate of drug-likeness (QED) is 0.893. The number of nitrogens with one attached hydrogen (secondary N) is 2. The van der Waals surface area contributed by atoms with E-state index in [-0.39, 0.29) is 18.1 Å². The topological polar surface area (TPSA) is 53.6 Å². The fourth-order valence-electron chi connectivity index (χ4n) is 2.92. The van der Waals surface area contributed by atoms with Crippen molar-refractivity contribution in [2.45, 2.75) is 38.8 Å². The number of anilines is 2. The molecule has 0 aliphatic carbocycles. The lowest BCUT2D eigenvalue weighted by Gasteiger charge is -2.36. The van der Waals surface area contributed by atoms with Crippen molar-refractivity contribution in [3.63, 3.8) is 0 Å². The maximum atomic E-state index is 12.0. The van der Waals surface area contributed by atoms with Gasteiger partial charge in [-0.1, -0.05) is 6.92 Å². The highest BCUT2D eigenvalue weighted by Crippen LogP contribution is 2.35. The highest BCUT2D eigenvalue weighted by Gasteiger charge is 2.30. The molecule has 21 heavy (non-hydrogen) atoms. The predicted octanol–water partition coefficient (Wildman–Crippen LogP) is 1.98. The van der Waals surface area contributed by atoms with Gasteiger partial charge in [0.25, 0.3) is 0 Å². The highest BCUT2D eigenvalue weighted by molar-refractivity contribution is 5.97. The van der Waals surface area contributed by atoms with Crippen LogP contribution in [0.2, 0.25) is 0 Å². The Balaban J connectivity index is 1.93. The van der Waals surface area contributed by atoms with Crippen LogP contribution in [0.15, 0.2) is 18.2 Å². The Morgan fingerprint density at radius 3 is 3.14 bits per heavy atom. The molecule has 114 valence electrons. The largest absolute Gasteiger partial charge is 0.491 e. The summed E-state index contributed by atoms with van der Waals surface area (Å²) in [7, 11) is 0. The molecular weight excluding hydrogens is 266 g/mol. The van der Waals surface area contributed by atoms with Gasteiger partial charge in [-0.3, -0.25) is 4.79 Å². The predicted molar refractivity (Wildman–Crippen MR) is 84.1 cm³/mol. The minimum atomic E-state index is 0.0862. The van der Waals surface area contributed by atoms with E-state index in [1.807, 2.05) is 12.1 Å². The lowest BCUT2D eigenvalue weighted by Crippen LogP contribution is -2.51. The summed E-state index contributed by atoms with van der Waals surface area (Å²) in [6.07, 6.45) is 1.70. The van der Waals surface area contributed by atoms with Gasteiger partial charge in [0, 0.05) is 32.1 Å². The van der Waals surface area contributed by atoms with E-state index in [2.05, 4.69) is 35.4 Å². The van der Waals surface area contributed by atoms with Crippen molar-refractivity contribution in [3.8, 4) is 5.75 Å². The molecule has 0 bridgehead atoms. The van der Waals surface area contributed by atoms with Gasteiger partial charge in [0.1, 0.15) is 5.75 Å². The van der Waals surface area contributed by atoms with Gasteiger partial charge in [-0.05, 0) is 25.5 Å². The fourth-order valence-corrected chi connectivity index (χ4v) is 2.92. The number of carbonyl (C=O) groups is 1. The van der Waals surface area contributed by atoms with E-state index in [9.17, 15) is 4.79 Å². The number of hydrogen-bond acceptors (Lipinski definition) is 4. The number of hydrogen-bond donors (Lipinski definition) is 2. The molecule has 5 nitrogen and oxygen atoms in total. The smallest absolute Gasteiger partial charge is 0.226 e. The summed E-state index contributed by atoms with van der Waals surface area (Å²) in [4.78, 5) is 14.3. The van der Waals surface area contributed by atoms with Crippen molar-refractivity contribution in [1.82, 2.24) is 5.32 Å². The van der Waals surface area contributed by atoms with Crippen LogP contribution in [0.4, 0.5) is 11.4 Å². The Hall–Kier alpha value is -1.75. The first kappa shape index (κ1) is 14.2. The molecule has 1 unspecified atom stereocenters. The van der Waals surface area contributed by atoms with Gasteiger partial charge < -0.3 is 20.3 Å². The molecule has 3 rings (SSSR count). The van der Waals surface area contributed by atoms with Gasteiger partial charge >= 0.3 is 0 Å². The molecule has 2 N–H and O–H groups in total. The first-order valence-corrected chi connectivity index (χ1v) is 7.75. The fraction of sp³-hybridized carbons (Fsp3) is 0.562. The number of amides is 1. The van der Waals surface area contributed by atoms with Crippen LogP contribution in [0.3, 0.4) is 0 Å². The Bertz CT molecular complexity index is 532. The summed E-state index contributed by atoms with van der Waals surface area (Å²) >= 11 is 0. The van der Waals surface area contributed by atoms with Crippen LogP contribution >= 0.6 is 0 Å². The normalized spacial score (nSPS) is 22.7. The Labute approximate surface area is 125 Å². The first-order valence-electron chi connectivity index (χ1n) is 7.75. The van der Waals surface area contributed by atoms with Crippen molar-refractivity contribution in [3.05, 3.63) is 18.2 Å². The molecule has 2 aliphatic heterocycles. The molecule has 5 heteroatoms. The number of carbonyl (C=O) groups excluding carboxylic acids is 1. The molecule has 2 atom stereocenters. The monoisotopic (exact) mass is 289 g/mol. The zero-order chi connectivity index (χ0) is 14.8. The molecule has 2 heterocycles. The minimum Gasteiger partial charge on any atom is -0.491 e. The maximum Gasteiger partial charge on any atom is 0.226 e. The van der Waals surface area contributed by atoms with Crippen molar-refractivity contribution in [1.29, 1.82) is 0 Å². The Morgan fingerprint density at radius 2 is 2.33 bits per heavy atom. The van der Waals surface area contributed by atoms with Crippen molar-refractivity contribution in [2.75, 3.05) is 29.9 Å². The third-order valence-electron chi connectivity index (χ3n) is 4.24. The maximum absolute atomic E-state index is 12.0. The average Bonchev–Trinajstić information content (AvgIpc) is 2.62. The van der Waals surface area contributed by atoms with Crippen LogP contribution in [0.25, 0.3) is 0 Å². The summed E-state index contributed by atoms with van der Waals surface area (Å²) in [6, 6.07) is 6.17. The number of ether oxygens (including phenoxy) is 1. The van der Waals surface area contributed by atoms with Crippen molar-refractivity contribution < 1.29 is 9.53 Å². The molecule has 1 saturated heterocycles. The molecule has 1 amide bonds. The number of rotatable bonds is 3. The highest BCUT2D eigenvalue weighted by atomic mass is 16.5. The summed E-state index contributed by atoms with van der Waals surface area (Å²) in [5, 5.41) is 6.38. The number of nitrogens with zero attached hydrogens (tertiary/aromatic N) is 1. The Morgan fingerprint density at radius 1 is 1.48 bits per heavy atom. The molecule has 1 aromatic carbocycles. The van der Waals surface area contributed by atoms with Crippen LogP contribution in [-0.2, 0) is 4.79 Å². The first-order chi connectivity index (χ1) is 10.2. The molecule has 0 radical (unpaired) electrons. The molecule has 2 aliphatic rings. The SMILES string of the molecule is CCC(C)Oc1ccc2c(c1)N1CCNC[C@@H]1CC(=O)N2. The van der Waals surface area contributed by atoms with E-state index in [1.165, 1.54) is 0 Å². The van der Waals surface area contributed by atoms with Crippen LogP contribution in [0, 0.1) is 0 Å². The van der Waals surface area contributed by atoms with Gasteiger partial charge in [0.2, 0.25) is 5.91 Å². The lowest BCUT2D eigenvalue weighted by molar-refractivity contribution is -0.116. The molecule has 0 saturated carbocycles. The summed E-state index contributed by atoms with van der Waals surface area (Å²) in [5.41, 5.74) is 1.97. The van der Waals surface area contributed by atoms with Crippen molar-refractivity contribution >= 4 is 17.3 Å². The van der Waals surface area contributed by atoms with E-state index in [0.29, 0.717) is 6.42 Å². The summed E-state index contributed by atoms with van der Waals surface area (Å²) in [5.74, 6) is 0.958. The lowest BCUT2D eigenvalue weighted by atomic mass is 10.1. The van der Waals surface area contributed by atoms with E-state index < -0.39 is 0 Å².